The lowest BCUT2D eigenvalue weighted by Crippen LogP contribution is -2.24. The van der Waals surface area contributed by atoms with E-state index in [1.165, 1.54) is 44.2 Å². The second-order valence-electron chi connectivity index (χ2n) is 5.45. The molecule has 108 valence electrons. The molecule has 1 aromatic heterocycles. The molecule has 19 heavy (non-hydrogen) atoms. The van der Waals surface area contributed by atoms with Crippen molar-refractivity contribution in [2.24, 2.45) is 7.05 Å². The molecule has 1 aliphatic rings. The molecule has 2 heterocycles. The summed E-state index contributed by atoms with van der Waals surface area (Å²) >= 11 is 0. The number of rotatable bonds is 8. The summed E-state index contributed by atoms with van der Waals surface area (Å²) in [5.74, 6) is 0. The Hall–Kier alpha value is -0.870. The van der Waals surface area contributed by atoms with Crippen molar-refractivity contribution >= 4 is 0 Å². The van der Waals surface area contributed by atoms with Gasteiger partial charge < -0.3 is 10.1 Å². The lowest BCUT2D eigenvalue weighted by Gasteiger charge is -2.19. The fourth-order valence-electron chi connectivity index (χ4n) is 2.82. The van der Waals surface area contributed by atoms with Crippen LogP contribution in [0.3, 0.4) is 0 Å². The Morgan fingerprint density at radius 3 is 3.11 bits per heavy atom. The molecule has 0 radical (unpaired) electrons. The molecular weight excluding hydrogens is 238 g/mol. The molecule has 2 rings (SSSR count). The van der Waals surface area contributed by atoms with Crippen molar-refractivity contribution in [1.29, 1.82) is 0 Å². The molecule has 0 bridgehead atoms. The largest absolute Gasteiger partial charge is 0.378 e. The zero-order valence-corrected chi connectivity index (χ0v) is 12.3. The number of hydrogen-bond donors (Lipinski definition) is 1. The predicted octanol–water partition coefficient (Wildman–Crippen LogP) is 2.81. The van der Waals surface area contributed by atoms with Crippen molar-refractivity contribution in [2.75, 3.05) is 13.2 Å². The first-order valence-corrected chi connectivity index (χ1v) is 7.64. The van der Waals surface area contributed by atoms with E-state index in [4.69, 9.17) is 4.74 Å². The molecule has 1 saturated heterocycles. The topological polar surface area (TPSA) is 39.1 Å². The molecular formula is C15H27N3O. The lowest BCUT2D eigenvalue weighted by atomic mass is 10.0. The van der Waals surface area contributed by atoms with Gasteiger partial charge in [0.15, 0.2) is 0 Å². The van der Waals surface area contributed by atoms with Crippen LogP contribution in [0.1, 0.15) is 57.2 Å². The summed E-state index contributed by atoms with van der Waals surface area (Å²) < 4.78 is 7.68. The highest BCUT2D eigenvalue weighted by atomic mass is 16.5. The third-order valence-electron chi connectivity index (χ3n) is 3.90. The molecule has 1 aliphatic heterocycles. The maximum Gasteiger partial charge on any atom is 0.0576 e. The third-order valence-corrected chi connectivity index (χ3v) is 3.90. The van der Waals surface area contributed by atoms with Gasteiger partial charge in [-0.25, -0.2) is 0 Å². The summed E-state index contributed by atoms with van der Waals surface area (Å²) in [6.45, 7) is 4.24. The van der Waals surface area contributed by atoms with Gasteiger partial charge in [-0.15, -0.1) is 0 Å². The standard InChI is InChI=1S/C15H27N3O/c1-3-10-16-14(15-9-11-17-18(15)2)8-4-6-13-7-5-12-19-13/h9,11,13-14,16H,3-8,10,12H2,1-2H3. The average molecular weight is 265 g/mol. The summed E-state index contributed by atoms with van der Waals surface area (Å²) in [5, 5.41) is 7.92. The maximum atomic E-state index is 5.69. The van der Waals surface area contributed by atoms with Crippen LogP contribution in [-0.4, -0.2) is 29.0 Å². The number of ether oxygens (including phenoxy) is 1. The first-order valence-electron chi connectivity index (χ1n) is 7.64. The number of aryl methyl sites for hydroxylation is 1. The van der Waals surface area contributed by atoms with E-state index in [1.807, 2.05) is 17.9 Å². The van der Waals surface area contributed by atoms with Gasteiger partial charge in [-0.3, -0.25) is 4.68 Å². The Kier molecular flexibility index (Phi) is 5.86. The van der Waals surface area contributed by atoms with Crippen LogP contribution in [0.5, 0.6) is 0 Å². The van der Waals surface area contributed by atoms with E-state index in [0.717, 1.165) is 13.2 Å². The zero-order chi connectivity index (χ0) is 13.5. The van der Waals surface area contributed by atoms with Gasteiger partial charge in [0.05, 0.1) is 11.8 Å². The Bertz CT molecular complexity index is 358. The Morgan fingerprint density at radius 1 is 1.58 bits per heavy atom. The van der Waals surface area contributed by atoms with Gasteiger partial charge in [0, 0.05) is 25.9 Å². The molecule has 1 aromatic rings. The normalized spacial score (nSPS) is 20.8. The van der Waals surface area contributed by atoms with Crippen molar-refractivity contribution in [3.05, 3.63) is 18.0 Å². The van der Waals surface area contributed by atoms with Crippen molar-refractivity contribution in [2.45, 2.75) is 57.6 Å². The maximum absolute atomic E-state index is 5.69. The molecule has 4 heteroatoms. The van der Waals surface area contributed by atoms with E-state index < -0.39 is 0 Å². The molecule has 0 aliphatic carbocycles. The van der Waals surface area contributed by atoms with E-state index in [2.05, 4.69) is 23.4 Å². The van der Waals surface area contributed by atoms with E-state index in [0.29, 0.717) is 12.1 Å². The van der Waals surface area contributed by atoms with Crippen LogP contribution in [0, 0.1) is 0 Å². The minimum Gasteiger partial charge on any atom is -0.378 e. The number of hydrogen-bond acceptors (Lipinski definition) is 3. The molecule has 1 fully saturated rings. The Labute approximate surface area is 116 Å². The Morgan fingerprint density at radius 2 is 2.47 bits per heavy atom. The first kappa shape index (κ1) is 14.5. The van der Waals surface area contributed by atoms with Gasteiger partial charge in [0.2, 0.25) is 0 Å². The molecule has 0 spiro atoms. The average Bonchev–Trinajstić information content (AvgIpc) is 3.05. The summed E-state index contributed by atoms with van der Waals surface area (Å²) in [6, 6.07) is 2.55. The van der Waals surface area contributed by atoms with Crippen molar-refractivity contribution in [3.8, 4) is 0 Å². The number of aromatic nitrogens is 2. The van der Waals surface area contributed by atoms with Gasteiger partial charge in [-0.2, -0.15) is 5.10 Å². The summed E-state index contributed by atoms with van der Waals surface area (Å²) in [7, 11) is 2.02. The van der Waals surface area contributed by atoms with Crippen LogP contribution in [-0.2, 0) is 11.8 Å². The van der Waals surface area contributed by atoms with Crippen molar-refractivity contribution in [3.63, 3.8) is 0 Å². The molecule has 0 saturated carbocycles. The van der Waals surface area contributed by atoms with Crippen LogP contribution < -0.4 is 5.32 Å². The molecule has 0 amide bonds. The van der Waals surface area contributed by atoms with Crippen LogP contribution in [0.15, 0.2) is 12.3 Å². The van der Waals surface area contributed by atoms with Gasteiger partial charge in [0.1, 0.15) is 0 Å². The molecule has 4 nitrogen and oxygen atoms in total. The van der Waals surface area contributed by atoms with Gasteiger partial charge in [-0.1, -0.05) is 6.92 Å². The van der Waals surface area contributed by atoms with E-state index in [1.54, 1.807) is 0 Å². The van der Waals surface area contributed by atoms with Gasteiger partial charge in [-0.05, 0) is 51.1 Å². The first-order chi connectivity index (χ1) is 9.31. The van der Waals surface area contributed by atoms with Gasteiger partial charge >= 0.3 is 0 Å². The summed E-state index contributed by atoms with van der Waals surface area (Å²) in [4.78, 5) is 0. The highest BCUT2D eigenvalue weighted by molar-refractivity contribution is 5.06. The minimum absolute atomic E-state index is 0.425. The fraction of sp³-hybridized carbons (Fsp3) is 0.800. The molecule has 2 unspecified atom stereocenters. The fourth-order valence-corrected chi connectivity index (χ4v) is 2.82. The van der Waals surface area contributed by atoms with Crippen LogP contribution in [0.2, 0.25) is 0 Å². The second kappa shape index (κ2) is 7.65. The predicted molar refractivity (Wildman–Crippen MR) is 77.1 cm³/mol. The van der Waals surface area contributed by atoms with E-state index in [9.17, 15) is 0 Å². The van der Waals surface area contributed by atoms with E-state index in [-0.39, 0.29) is 0 Å². The molecule has 1 N–H and O–H groups in total. The Balaban J connectivity index is 1.81. The quantitative estimate of drug-likeness (QED) is 0.785. The van der Waals surface area contributed by atoms with E-state index >= 15 is 0 Å². The van der Waals surface area contributed by atoms with Crippen molar-refractivity contribution < 1.29 is 4.74 Å². The summed E-state index contributed by atoms with van der Waals surface area (Å²) in [6.07, 6.45) is 9.63. The monoisotopic (exact) mass is 265 g/mol. The highest BCUT2D eigenvalue weighted by Crippen LogP contribution is 2.23. The van der Waals surface area contributed by atoms with Crippen LogP contribution in [0.25, 0.3) is 0 Å². The van der Waals surface area contributed by atoms with Gasteiger partial charge in [0.25, 0.3) is 0 Å². The molecule has 2 atom stereocenters. The third kappa shape index (κ3) is 4.32. The van der Waals surface area contributed by atoms with Crippen LogP contribution >= 0.6 is 0 Å². The number of nitrogens with zero attached hydrogens (tertiary/aromatic N) is 2. The van der Waals surface area contributed by atoms with Crippen molar-refractivity contribution in [1.82, 2.24) is 15.1 Å². The second-order valence-corrected chi connectivity index (χ2v) is 5.45. The highest BCUT2D eigenvalue weighted by Gasteiger charge is 2.18. The smallest absolute Gasteiger partial charge is 0.0576 e. The SMILES string of the molecule is CCCNC(CCCC1CCCO1)c1ccnn1C. The summed E-state index contributed by atoms with van der Waals surface area (Å²) in [5.41, 5.74) is 1.29. The molecule has 0 aromatic carbocycles. The zero-order valence-electron chi connectivity index (χ0n) is 12.3. The lowest BCUT2D eigenvalue weighted by molar-refractivity contribution is 0.101. The van der Waals surface area contributed by atoms with Crippen LogP contribution in [0.4, 0.5) is 0 Å². The minimum atomic E-state index is 0.425. The number of nitrogens with one attached hydrogen (secondary N) is 1.